The Hall–Kier alpha value is -2.81. The molecular formula is C35H32Cl2INO4. The Morgan fingerprint density at radius 2 is 1.51 bits per heavy atom. The summed E-state index contributed by atoms with van der Waals surface area (Å²) >= 11 is 14.5. The fourth-order valence-electron chi connectivity index (χ4n) is 6.54. The molecule has 0 saturated carbocycles. The van der Waals surface area contributed by atoms with Crippen LogP contribution in [0, 0.1) is 3.57 Å². The average molecular weight is 728 g/mol. The largest absolute Gasteiger partial charge is 0.493 e. The molecule has 0 unspecified atom stereocenters. The molecule has 222 valence electrons. The van der Waals surface area contributed by atoms with E-state index in [9.17, 15) is 9.59 Å². The Morgan fingerprint density at radius 3 is 2.14 bits per heavy atom. The van der Waals surface area contributed by atoms with E-state index in [4.69, 9.17) is 32.7 Å². The van der Waals surface area contributed by atoms with Crippen LogP contribution in [0.1, 0.15) is 61.1 Å². The fraction of sp³-hybridized carbons (Fsp3) is 0.314. The third kappa shape index (κ3) is 6.11. The van der Waals surface area contributed by atoms with E-state index >= 15 is 0 Å². The van der Waals surface area contributed by atoms with Crippen molar-refractivity contribution in [1.29, 1.82) is 0 Å². The maximum atomic E-state index is 13.7. The third-order valence-electron chi connectivity index (χ3n) is 8.51. The molecule has 3 aromatic carbocycles. The lowest BCUT2D eigenvalue weighted by Gasteiger charge is -2.44. The number of halogens is 3. The van der Waals surface area contributed by atoms with Gasteiger partial charge in [0, 0.05) is 47.8 Å². The van der Waals surface area contributed by atoms with Crippen molar-refractivity contribution in [2.24, 2.45) is 0 Å². The maximum absolute atomic E-state index is 13.7. The van der Waals surface area contributed by atoms with Crippen molar-refractivity contribution in [3.05, 3.63) is 114 Å². The normalized spacial score (nSPS) is 17.3. The van der Waals surface area contributed by atoms with Gasteiger partial charge in [0.1, 0.15) is 6.61 Å². The summed E-state index contributed by atoms with van der Waals surface area (Å²) in [5, 5.41) is 0.960. The van der Waals surface area contributed by atoms with Gasteiger partial charge in [-0.2, -0.15) is 0 Å². The molecule has 0 amide bonds. The van der Waals surface area contributed by atoms with Gasteiger partial charge in [-0.3, -0.25) is 9.59 Å². The van der Waals surface area contributed by atoms with Gasteiger partial charge in [-0.25, -0.2) is 0 Å². The number of hydrogen-bond acceptors (Lipinski definition) is 5. The molecule has 0 fully saturated rings. The predicted molar refractivity (Wildman–Crippen MR) is 178 cm³/mol. The van der Waals surface area contributed by atoms with E-state index in [0.29, 0.717) is 34.4 Å². The van der Waals surface area contributed by atoms with E-state index in [-0.39, 0.29) is 18.2 Å². The third-order valence-corrected chi connectivity index (χ3v) is 10.0. The number of allylic oxidation sites excluding steroid dienone is 4. The van der Waals surface area contributed by atoms with Crippen molar-refractivity contribution in [2.75, 3.05) is 13.7 Å². The van der Waals surface area contributed by atoms with E-state index in [0.717, 1.165) is 75.9 Å². The van der Waals surface area contributed by atoms with Gasteiger partial charge in [0.2, 0.25) is 0 Å². The second-order valence-corrected chi connectivity index (χ2v) is 13.1. The zero-order valence-corrected chi connectivity index (χ0v) is 27.6. The highest BCUT2D eigenvalue weighted by atomic mass is 127. The van der Waals surface area contributed by atoms with Crippen LogP contribution in [0.3, 0.4) is 0 Å². The minimum atomic E-state index is -0.412. The standard InChI is InChI=1S/C35H32Cl2INO4/c1-42-31-19-23(18-26(38)35(31)43-20-22-13-14-24(36)25(37)17-22)32-33-27(9-5-11-29(33)40)39(16-15-21-7-3-2-4-8-21)28-10-6-12-30(41)34(28)32/h2-4,7-8,13-14,17-19,32H,5-6,9-12,15-16,20H2,1H3. The molecule has 8 heteroatoms. The quantitative estimate of drug-likeness (QED) is 0.217. The topological polar surface area (TPSA) is 55.8 Å². The molecule has 0 saturated heterocycles. The van der Waals surface area contributed by atoms with Crippen molar-refractivity contribution >= 4 is 57.4 Å². The summed E-state index contributed by atoms with van der Waals surface area (Å²) in [6.45, 7) is 1.03. The zero-order chi connectivity index (χ0) is 30.1. The maximum Gasteiger partial charge on any atom is 0.174 e. The molecule has 0 N–H and O–H groups in total. The SMILES string of the molecule is COc1cc(C2C3=C(CCCC3=O)N(CCc3ccccc3)C3=C2C(=O)CCC3)cc(I)c1OCc1ccc(Cl)c(Cl)c1. The highest BCUT2D eigenvalue weighted by molar-refractivity contribution is 14.1. The molecule has 6 rings (SSSR count). The first-order valence-electron chi connectivity index (χ1n) is 14.6. The molecule has 1 aliphatic heterocycles. The molecule has 2 aliphatic carbocycles. The van der Waals surface area contributed by atoms with Gasteiger partial charge < -0.3 is 14.4 Å². The minimum absolute atomic E-state index is 0.134. The number of methoxy groups -OCH3 is 1. The molecule has 0 aromatic heterocycles. The highest BCUT2D eigenvalue weighted by Crippen LogP contribution is 2.50. The number of Topliss-reactive ketones (excluding diaryl/α,β-unsaturated/α-hetero) is 2. The van der Waals surface area contributed by atoms with Crippen LogP contribution in [-0.4, -0.2) is 30.1 Å². The number of ketones is 2. The summed E-state index contributed by atoms with van der Waals surface area (Å²) in [5.74, 6) is 1.02. The Kier molecular flexibility index (Phi) is 9.17. The molecule has 43 heavy (non-hydrogen) atoms. The first kappa shape index (κ1) is 30.2. The fourth-order valence-corrected chi connectivity index (χ4v) is 7.64. The van der Waals surface area contributed by atoms with E-state index in [1.807, 2.05) is 24.3 Å². The monoisotopic (exact) mass is 727 g/mol. The smallest absolute Gasteiger partial charge is 0.174 e. The van der Waals surface area contributed by atoms with Gasteiger partial charge in [-0.05, 0) is 95.7 Å². The van der Waals surface area contributed by atoms with Crippen molar-refractivity contribution < 1.29 is 19.1 Å². The summed E-state index contributed by atoms with van der Waals surface area (Å²) < 4.78 is 12.9. The van der Waals surface area contributed by atoms with E-state index < -0.39 is 5.92 Å². The van der Waals surface area contributed by atoms with Crippen LogP contribution in [-0.2, 0) is 22.6 Å². The van der Waals surface area contributed by atoms with Gasteiger partial charge in [0.05, 0.1) is 20.7 Å². The number of carbonyl (C=O) groups is 2. The Balaban J connectivity index is 1.40. The summed E-state index contributed by atoms with van der Waals surface area (Å²) in [6, 6.07) is 19.8. The van der Waals surface area contributed by atoms with Gasteiger partial charge >= 0.3 is 0 Å². The van der Waals surface area contributed by atoms with Crippen LogP contribution in [0.15, 0.2) is 83.2 Å². The molecule has 0 spiro atoms. The average Bonchev–Trinajstić information content (AvgIpc) is 3.01. The molecule has 5 nitrogen and oxygen atoms in total. The van der Waals surface area contributed by atoms with Gasteiger partial charge in [0.25, 0.3) is 0 Å². The molecule has 3 aliphatic rings. The van der Waals surface area contributed by atoms with Gasteiger partial charge in [0.15, 0.2) is 23.1 Å². The predicted octanol–water partition coefficient (Wildman–Crippen LogP) is 8.84. The van der Waals surface area contributed by atoms with E-state index in [1.54, 1.807) is 19.2 Å². The van der Waals surface area contributed by atoms with Crippen LogP contribution in [0.4, 0.5) is 0 Å². The Labute approximate surface area is 276 Å². The van der Waals surface area contributed by atoms with Crippen molar-refractivity contribution in [3.8, 4) is 11.5 Å². The van der Waals surface area contributed by atoms with Crippen LogP contribution in [0.5, 0.6) is 11.5 Å². The first-order chi connectivity index (χ1) is 20.9. The van der Waals surface area contributed by atoms with Crippen molar-refractivity contribution in [2.45, 2.75) is 57.5 Å². The lowest BCUT2D eigenvalue weighted by atomic mass is 9.71. The van der Waals surface area contributed by atoms with Gasteiger partial charge in [-0.1, -0.05) is 59.6 Å². The van der Waals surface area contributed by atoms with E-state index in [2.05, 4.69) is 51.8 Å². The number of rotatable bonds is 8. The second kappa shape index (κ2) is 13.0. The summed E-state index contributed by atoms with van der Waals surface area (Å²) in [5.41, 5.74) is 6.72. The zero-order valence-electron chi connectivity index (χ0n) is 23.9. The first-order valence-corrected chi connectivity index (χ1v) is 16.5. The van der Waals surface area contributed by atoms with E-state index in [1.165, 1.54) is 5.56 Å². The molecular weight excluding hydrogens is 696 g/mol. The molecule has 0 atom stereocenters. The highest BCUT2D eigenvalue weighted by Gasteiger charge is 2.43. The van der Waals surface area contributed by atoms with Crippen molar-refractivity contribution in [1.82, 2.24) is 4.90 Å². The number of carbonyl (C=O) groups excluding carboxylic acids is 2. The summed E-state index contributed by atoms with van der Waals surface area (Å²) in [7, 11) is 1.61. The number of benzene rings is 3. The molecule has 3 aromatic rings. The summed E-state index contributed by atoms with van der Waals surface area (Å²) in [4.78, 5) is 29.8. The lowest BCUT2D eigenvalue weighted by molar-refractivity contribution is -0.117. The minimum Gasteiger partial charge on any atom is -0.493 e. The Bertz CT molecular complexity index is 1600. The van der Waals surface area contributed by atoms with Crippen molar-refractivity contribution in [3.63, 3.8) is 0 Å². The molecule has 1 heterocycles. The number of ether oxygens (including phenoxy) is 2. The molecule has 0 radical (unpaired) electrons. The summed E-state index contributed by atoms with van der Waals surface area (Å²) in [6.07, 6.45) is 5.15. The Morgan fingerprint density at radius 1 is 0.837 bits per heavy atom. The van der Waals surface area contributed by atoms with Crippen LogP contribution >= 0.6 is 45.8 Å². The van der Waals surface area contributed by atoms with Crippen LogP contribution in [0.2, 0.25) is 10.0 Å². The number of hydrogen-bond donors (Lipinski definition) is 0. The second-order valence-electron chi connectivity index (χ2n) is 11.2. The van der Waals surface area contributed by atoms with Gasteiger partial charge in [-0.15, -0.1) is 0 Å². The number of nitrogens with zero attached hydrogens (tertiary/aromatic N) is 1. The molecule has 0 bridgehead atoms. The van der Waals surface area contributed by atoms with Crippen LogP contribution in [0.25, 0.3) is 0 Å². The lowest BCUT2D eigenvalue weighted by Crippen LogP contribution is -2.40. The van der Waals surface area contributed by atoms with Crippen LogP contribution < -0.4 is 9.47 Å².